The molecule has 0 saturated heterocycles. The van der Waals surface area contributed by atoms with E-state index in [0.717, 1.165) is 10.0 Å². The van der Waals surface area contributed by atoms with E-state index in [-0.39, 0.29) is 0 Å². The Labute approximate surface area is 84.8 Å². The van der Waals surface area contributed by atoms with E-state index >= 15 is 0 Å². The van der Waals surface area contributed by atoms with Crippen LogP contribution in [0, 0.1) is 0 Å². The largest absolute Gasteiger partial charge is 0.376 e. The van der Waals surface area contributed by atoms with Gasteiger partial charge in [-0.3, -0.25) is 0 Å². The van der Waals surface area contributed by atoms with Crippen molar-refractivity contribution in [3.05, 3.63) is 11.1 Å². The van der Waals surface area contributed by atoms with Crippen molar-refractivity contribution in [2.45, 2.75) is 10.9 Å². The zero-order chi connectivity index (χ0) is 8.97. The van der Waals surface area contributed by atoms with Crippen molar-refractivity contribution in [2.24, 2.45) is 5.73 Å². The number of thiazole rings is 1. The number of aromatic nitrogens is 1. The molecule has 1 aromatic heterocycles. The molecule has 0 unspecified atom stereocenters. The monoisotopic (exact) mass is 219 g/mol. The molecule has 0 amide bonds. The van der Waals surface area contributed by atoms with Gasteiger partial charge in [0.15, 0.2) is 5.11 Å². The summed E-state index contributed by atoms with van der Waals surface area (Å²) in [6.07, 6.45) is 2.00. The van der Waals surface area contributed by atoms with Gasteiger partial charge in [-0.05, 0) is 18.5 Å². The first-order valence-corrected chi connectivity index (χ1v) is 5.75. The highest BCUT2D eigenvalue weighted by Gasteiger charge is 1.99. The van der Waals surface area contributed by atoms with Gasteiger partial charge in [0.1, 0.15) is 4.34 Å². The number of nitrogens with one attached hydrogen (secondary N) is 1. The van der Waals surface area contributed by atoms with Crippen LogP contribution in [0.15, 0.2) is 9.72 Å². The summed E-state index contributed by atoms with van der Waals surface area (Å²) in [6.45, 7) is 0.617. The minimum absolute atomic E-state index is 0.314. The SMILES string of the molecule is CSc1nc(CNC(N)=S)cs1. The van der Waals surface area contributed by atoms with Crippen LogP contribution in [-0.4, -0.2) is 16.4 Å². The molecule has 0 radical (unpaired) electrons. The first-order chi connectivity index (χ1) is 5.72. The predicted octanol–water partition coefficient (Wildman–Crippen LogP) is 1.20. The second kappa shape index (κ2) is 4.64. The van der Waals surface area contributed by atoms with Crippen LogP contribution >= 0.6 is 35.3 Å². The van der Waals surface area contributed by atoms with E-state index < -0.39 is 0 Å². The molecule has 0 aliphatic heterocycles. The van der Waals surface area contributed by atoms with Crippen LogP contribution in [0.2, 0.25) is 0 Å². The molecule has 0 fully saturated rings. The Kier molecular flexibility index (Phi) is 3.77. The second-order valence-electron chi connectivity index (χ2n) is 2.03. The fourth-order valence-electron chi connectivity index (χ4n) is 0.641. The molecule has 0 spiro atoms. The summed E-state index contributed by atoms with van der Waals surface area (Å²) in [6, 6.07) is 0. The maximum atomic E-state index is 5.27. The van der Waals surface area contributed by atoms with Gasteiger partial charge in [-0.15, -0.1) is 11.3 Å². The summed E-state index contributed by atoms with van der Waals surface area (Å²) in [5, 5.41) is 5.15. The van der Waals surface area contributed by atoms with E-state index in [1.165, 1.54) is 0 Å². The molecule has 0 aromatic carbocycles. The molecule has 66 valence electrons. The molecule has 0 aliphatic carbocycles. The number of thiocarbonyl (C=S) groups is 1. The van der Waals surface area contributed by atoms with Crippen LogP contribution in [0.3, 0.4) is 0 Å². The van der Waals surface area contributed by atoms with E-state index in [1.54, 1.807) is 23.1 Å². The molecule has 0 bridgehead atoms. The molecule has 1 rings (SSSR count). The fourth-order valence-corrected chi connectivity index (χ4v) is 1.99. The number of nitrogens with zero attached hydrogens (tertiary/aromatic N) is 1. The van der Waals surface area contributed by atoms with Crippen molar-refractivity contribution >= 4 is 40.4 Å². The van der Waals surface area contributed by atoms with Gasteiger partial charge >= 0.3 is 0 Å². The van der Waals surface area contributed by atoms with Crippen molar-refractivity contribution in [3.8, 4) is 0 Å². The number of hydrogen-bond acceptors (Lipinski definition) is 4. The minimum Gasteiger partial charge on any atom is -0.376 e. The van der Waals surface area contributed by atoms with E-state index in [9.17, 15) is 0 Å². The predicted molar refractivity (Wildman–Crippen MR) is 57.5 cm³/mol. The molecule has 3 nitrogen and oxygen atoms in total. The van der Waals surface area contributed by atoms with Gasteiger partial charge < -0.3 is 11.1 Å². The topological polar surface area (TPSA) is 50.9 Å². The Morgan fingerprint density at radius 1 is 1.92 bits per heavy atom. The maximum Gasteiger partial charge on any atom is 0.163 e. The zero-order valence-electron chi connectivity index (χ0n) is 6.53. The smallest absolute Gasteiger partial charge is 0.163 e. The lowest BCUT2D eigenvalue weighted by molar-refractivity contribution is 0.876. The summed E-state index contributed by atoms with van der Waals surface area (Å²) < 4.78 is 1.06. The minimum atomic E-state index is 0.314. The molecule has 3 N–H and O–H groups in total. The van der Waals surface area contributed by atoms with Gasteiger partial charge in [0.25, 0.3) is 0 Å². The maximum absolute atomic E-state index is 5.27. The Bertz CT molecular complexity index is 271. The van der Waals surface area contributed by atoms with Gasteiger partial charge in [-0.25, -0.2) is 4.98 Å². The molecule has 6 heteroatoms. The molecule has 0 saturated carbocycles. The molecule has 1 aromatic rings. The highest BCUT2D eigenvalue weighted by atomic mass is 32.2. The molecular weight excluding hydrogens is 210 g/mol. The quantitative estimate of drug-likeness (QED) is 0.591. The van der Waals surface area contributed by atoms with Gasteiger partial charge in [-0.2, -0.15) is 0 Å². The van der Waals surface area contributed by atoms with Crippen molar-refractivity contribution < 1.29 is 0 Å². The third-order valence-electron chi connectivity index (χ3n) is 1.15. The molecule has 0 atom stereocenters. The van der Waals surface area contributed by atoms with Crippen molar-refractivity contribution in [2.75, 3.05) is 6.26 Å². The summed E-state index contributed by atoms with van der Waals surface area (Å²) in [4.78, 5) is 4.30. The van der Waals surface area contributed by atoms with Crippen LogP contribution in [0.4, 0.5) is 0 Å². The van der Waals surface area contributed by atoms with Crippen LogP contribution in [0.25, 0.3) is 0 Å². The first kappa shape index (κ1) is 9.76. The summed E-state index contributed by atoms with van der Waals surface area (Å²) in [7, 11) is 0. The lowest BCUT2D eigenvalue weighted by Crippen LogP contribution is -2.28. The Morgan fingerprint density at radius 3 is 3.17 bits per heavy atom. The van der Waals surface area contributed by atoms with Crippen LogP contribution in [0.5, 0.6) is 0 Å². The lowest BCUT2D eigenvalue weighted by Gasteiger charge is -1.98. The molecule has 12 heavy (non-hydrogen) atoms. The van der Waals surface area contributed by atoms with E-state index in [1.807, 2.05) is 11.6 Å². The Morgan fingerprint density at radius 2 is 2.67 bits per heavy atom. The van der Waals surface area contributed by atoms with E-state index in [2.05, 4.69) is 22.5 Å². The average Bonchev–Trinajstić information content (AvgIpc) is 2.48. The van der Waals surface area contributed by atoms with Gasteiger partial charge in [0.2, 0.25) is 0 Å². The van der Waals surface area contributed by atoms with Crippen molar-refractivity contribution in [3.63, 3.8) is 0 Å². The van der Waals surface area contributed by atoms with Gasteiger partial charge in [0.05, 0.1) is 12.2 Å². The molecule has 1 heterocycles. The summed E-state index contributed by atoms with van der Waals surface area (Å²) in [5.74, 6) is 0. The van der Waals surface area contributed by atoms with Crippen LogP contribution < -0.4 is 11.1 Å². The van der Waals surface area contributed by atoms with Crippen molar-refractivity contribution in [1.82, 2.24) is 10.3 Å². The number of thioether (sulfide) groups is 1. The number of hydrogen-bond donors (Lipinski definition) is 2. The number of nitrogens with two attached hydrogens (primary N) is 1. The summed E-state index contributed by atoms with van der Waals surface area (Å²) >= 11 is 7.94. The van der Waals surface area contributed by atoms with Crippen LogP contribution in [0.1, 0.15) is 5.69 Å². The standard InChI is InChI=1S/C6H9N3S3/c1-11-6-9-4(3-12-6)2-8-5(7)10/h3H,2H2,1H3,(H3,7,8,10). The van der Waals surface area contributed by atoms with Gasteiger partial charge in [-0.1, -0.05) is 11.8 Å². The van der Waals surface area contributed by atoms with E-state index in [4.69, 9.17) is 5.73 Å². The zero-order valence-corrected chi connectivity index (χ0v) is 8.98. The third kappa shape index (κ3) is 2.96. The number of rotatable bonds is 3. The fraction of sp³-hybridized carbons (Fsp3) is 0.333. The van der Waals surface area contributed by atoms with E-state index in [0.29, 0.717) is 11.7 Å². The lowest BCUT2D eigenvalue weighted by atomic mass is 10.5. The second-order valence-corrected chi connectivity index (χ2v) is 4.38. The average molecular weight is 219 g/mol. The first-order valence-electron chi connectivity index (χ1n) is 3.24. The highest BCUT2D eigenvalue weighted by Crippen LogP contribution is 2.19. The van der Waals surface area contributed by atoms with Gasteiger partial charge in [0, 0.05) is 5.38 Å². The Hall–Kier alpha value is -0.330. The highest BCUT2D eigenvalue weighted by molar-refractivity contribution is 8.00. The molecule has 0 aliphatic rings. The summed E-state index contributed by atoms with van der Waals surface area (Å²) in [5.41, 5.74) is 6.25. The Balaban J connectivity index is 2.47. The third-order valence-corrected chi connectivity index (χ3v) is 3.21. The van der Waals surface area contributed by atoms with Crippen LogP contribution in [-0.2, 0) is 6.54 Å². The molecular formula is C6H9N3S3. The normalized spacial score (nSPS) is 9.75. The van der Waals surface area contributed by atoms with Crippen molar-refractivity contribution in [1.29, 1.82) is 0 Å².